The van der Waals surface area contributed by atoms with E-state index in [1.165, 1.54) is 0 Å². The van der Waals surface area contributed by atoms with Crippen LogP contribution in [0.2, 0.25) is 0 Å². The van der Waals surface area contributed by atoms with Crippen molar-refractivity contribution < 1.29 is 19.2 Å². The number of aromatic nitrogens is 2. The minimum atomic E-state index is -0.887. The van der Waals surface area contributed by atoms with Crippen LogP contribution >= 0.6 is 0 Å². The predicted octanol–water partition coefficient (Wildman–Crippen LogP) is 35.0. The Labute approximate surface area is 825 Å². The first-order chi connectivity index (χ1) is 71.5. The van der Waals surface area contributed by atoms with E-state index in [1.54, 1.807) is 9.13 Å². The third-order valence-electron chi connectivity index (χ3n) is 29.0. The molecule has 2 aliphatic rings. The van der Waals surface area contributed by atoms with E-state index >= 15 is 0 Å². The van der Waals surface area contributed by atoms with E-state index in [0.717, 1.165) is 182 Å². The van der Waals surface area contributed by atoms with Crippen LogP contribution in [0, 0.1) is 0 Å². The number of hydrogen-bond acceptors (Lipinski definition) is 2. The molecule has 0 N–H and O–H groups in total. The maximum absolute atomic E-state index is 10.7. The van der Waals surface area contributed by atoms with Crippen molar-refractivity contribution >= 4 is 165 Å². The number of benzene rings is 20. The van der Waals surface area contributed by atoms with Gasteiger partial charge in [0.15, 0.2) is 0 Å². The molecule has 2 aromatic heterocycles. The van der Waals surface area contributed by atoms with Gasteiger partial charge in [0.1, 0.15) is 0 Å². The van der Waals surface area contributed by atoms with Gasteiger partial charge in [-0.05, 0) is 295 Å². The molecule has 0 unspecified atom stereocenters. The molecule has 0 bridgehead atoms. The maximum atomic E-state index is 10.7. The van der Waals surface area contributed by atoms with Crippen LogP contribution in [-0.4, -0.2) is 15.8 Å². The van der Waals surface area contributed by atoms with Crippen molar-refractivity contribution in [3.8, 4) is 67.0 Å². The highest BCUT2D eigenvalue weighted by Gasteiger charge is 2.47. The summed E-state index contributed by atoms with van der Waals surface area (Å²) in [5.41, 5.74) is 17.7. The van der Waals surface area contributed by atoms with Crippen LogP contribution < -0.4 is 26.2 Å². The van der Waals surface area contributed by atoms with Gasteiger partial charge in [-0.25, -0.2) is 0 Å². The van der Waals surface area contributed by atoms with Crippen molar-refractivity contribution in [2.24, 2.45) is 0 Å². The molecule has 0 fully saturated rings. The zero-order valence-electron chi connectivity index (χ0n) is 95.0. The Hall–Kier alpha value is -14.8. The number of fused-ring (bicyclic) bond motifs is 19. The van der Waals surface area contributed by atoms with Gasteiger partial charge in [-0.2, -0.15) is 0 Å². The van der Waals surface area contributed by atoms with E-state index in [4.69, 9.17) is 0 Å². The Morgan fingerprint density at radius 3 is 0.920 bits per heavy atom. The maximum Gasteiger partial charge on any atom is 0.252 e. The van der Waals surface area contributed by atoms with Crippen LogP contribution in [0.25, 0.3) is 175 Å². The van der Waals surface area contributed by atoms with Crippen molar-refractivity contribution in [1.82, 2.24) is 9.13 Å². The first-order valence-electron chi connectivity index (χ1n) is 55.1. The van der Waals surface area contributed by atoms with Gasteiger partial charge in [0.05, 0.1) is 52.6 Å². The van der Waals surface area contributed by atoms with Gasteiger partial charge in [-0.1, -0.05) is 379 Å². The number of hydrogen-bond donors (Lipinski definition) is 0. The van der Waals surface area contributed by atoms with Gasteiger partial charge in [0.25, 0.3) is 6.71 Å². The average Bonchev–Trinajstić information content (AvgIpc) is 1.54. The first kappa shape index (κ1) is 70.8. The van der Waals surface area contributed by atoms with E-state index in [9.17, 15) is 19.2 Å². The quantitative estimate of drug-likeness (QED) is 0.106. The van der Waals surface area contributed by atoms with E-state index in [2.05, 4.69) is 360 Å². The Kier molecular flexibility index (Phi) is 16.0. The number of para-hydroxylation sites is 2. The van der Waals surface area contributed by atoms with E-state index in [-0.39, 0.29) is 103 Å². The number of nitrogens with zero attached hydrogens (tertiary/aromatic N) is 4. The standard InChI is InChI=1S/C132H115BN4/c1-127(2,3)92-53-62-118-112(72-92)106-40-28-30-42-116(106)134(118)98-55-60-114-120(78-98)136(125-108(80-32-20-19-21-33-80)74-96(131(13,14)15)75-109(125)87-50-57-103-84(64-87)47-44-81-34-22-25-37-100(81)103)122-69-91(90-67-94(129(7,8)9)71-95(68-90)130(10,11)12)70-123-124(122)133(114)115-61-56-99(135-117-43-31-29-41-107(117)113-73-93(128(4,5)6)54-63-119(113)135)79-121(115)137(123)126-110(88-51-58-104-85(65-88)48-45-82-35-23-26-38-101(82)104)76-97(132(16,17)18)77-111(126)89-52-59-105-86(66-89)49-46-83-36-24-27-39-102(83)105/h19-79H,1-18H3/i28D,29D,30D,31D,40D,41D,42D,43D,53D,54D,62D,63D,72D,73D. The molecule has 0 spiro atoms. The lowest BCUT2D eigenvalue weighted by atomic mass is 9.33. The second-order valence-corrected chi connectivity index (χ2v) is 44.3. The van der Waals surface area contributed by atoms with Crippen molar-refractivity contribution in [3.05, 3.63) is 403 Å². The van der Waals surface area contributed by atoms with Gasteiger partial charge < -0.3 is 18.9 Å². The average molecular weight is 1780 g/mol. The number of anilines is 6. The molecule has 20 aromatic carbocycles. The molecule has 0 aliphatic carbocycles. The topological polar surface area (TPSA) is 16.3 Å². The van der Waals surface area contributed by atoms with Crippen molar-refractivity contribution in [2.75, 3.05) is 9.80 Å². The molecule has 5 heteroatoms. The highest BCUT2D eigenvalue weighted by molar-refractivity contribution is 7.00. The molecular weight excluding hydrogens is 1650 g/mol. The first-order valence-corrected chi connectivity index (χ1v) is 48.1. The predicted molar refractivity (Wildman–Crippen MR) is 594 cm³/mol. The summed E-state index contributed by atoms with van der Waals surface area (Å²) >= 11 is 0. The van der Waals surface area contributed by atoms with E-state index in [1.807, 2.05) is 59.7 Å². The molecule has 2 aliphatic heterocycles. The van der Waals surface area contributed by atoms with Gasteiger partial charge >= 0.3 is 0 Å². The molecule has 0 amide bonds. The third kappa shape index (κ3) is 14.0. The van der Waals surface area contributed by atoms with Crippen LogP contribution in [0.4, 0.5) is 34.1 Å². The summed E-state index contributed by atoms with van der Waals surface area (Å²) in [6, 6.07) is 99.0. The zero-order valence-corrected chi connectivity index (χ0v) is 81.0. The van der Waals surface area contributed by atoms with Gasteiger partial charge in [-0.15, -0.1) is 0 Å². The summed E-state index contributed by atoms with van der Waals surface area (Å²) in [6.45, 7) is 37.7. The van der Waals surface area contributed by atoms with Gasteiger partial charge in [0.2, 0.25) is 0 Å². The molecule has 0 saturated heterocycles. The lowest BCUT2D eigenvalue weighted by Gasteiger charge is -2.46. The second-order valence-electron chi connectivity index (χ2n) is 44.3. The summed E-state index contributed by atoms with van der Waals surface area (Å²) in [4.78, 5) is 4.94. The Balaban J connectivity index is 0.947. The van der Waals surface area contributed by atoms with Gasteiger partial charge in [-0.3, -0.25) is 0 Å². The summed E-state index contributed by atoms with van der Waals surface area (Å²) in [7, 11) is 0. The van der Waals surface area contributed by atoms with Crippen molar-refractivity contribution in [2.45, 2.75) is 157 Å². The van der Waals surface area contributed by atoms with Crippen molar-refractivity contribution in [3.63, 3.8) is 0 Å². The fraction of sp³-hybridized carbons (Fsp3) is 0.182. The fourth-order valence-electron chi connectivity index (χ4n) is 21.5. The molecule has 0 radical (unpaired) electrons. The van der Waals surface area contributed by atoms with Crippen LogP contribution in [0.3, 0.4) is 0 Å². The van der Waals surface area contributed by atoms with E-state index < -0.39 is 75.5 Å². The Bertz CT molecular complexity index is 9600. The summed E-state index contributed by atoms with van der Waals surface area (Å²) < 4.78 is 146. The molecule has 0 saturated carbocycles. The zero-order chi connectivity index (χ0) is 106. The molecule has 4 nitrogen and oxygen atoms in total. The normalized spacial score (nSPS) is 14.7. The summed E-state index contributed by atoms with van der Waals surface area (Å²) in [6.07, 6.45) is 0. The molecule has 22 aromatic rings. The minimum Gasteiger partial charge on any atom is -0.310 e. The molecule has 137 heavy (non-hydrogen) atoms. The molecule has 0 atom stereocenters. The lowest BCUT2D eigenvalue weighted by Crippen LogP contribution is -2.61. The monoisotopic (exact) mass is 1780 g/mol. The van der Waals surface area contributed by atoms with Crippen LogP contribution in [0.5, 0.6) is 0 Å². The summed E-state index contributed by atoms with van der Waals surface area (Å²) in [5.74, 6) is 0. The molecular formula is C132H115BN4. The minimum absolute atomic E-state index is 0.0290. The Morgan fingerprint density at radius 1 is 0.219 bits per heavy atom. The highest BCUT2D eigenvalue weighted by Crippen LogP contribution is 2.58. The van der Waals surface area contributed by atoms with Gasteiger partial charge in [0, 0.05) is 77.9 Å². The Morgan fingerprint density at radius 2 is 0.540 bits per heavy atom. The largest absolute Gasteiger partial charge is 0.310 e. The second kappa shape index (κ2) is 30.9. The molecule has 666 valence electrons. The number of rotatable bonds is 9. The van der Waals surface area contributed by atoms with Crippen LogP contribution in [0.1, 0.15) is 177 Å². The smallest absolute Gasteiger partial charge is 0.252 e. The molecule has 4 heterocycles. The highest BCUT2D eigenvalue weighted by atomic mass is 15.2. The van der Waals surface area contributed by atoms with Crippen molar-refractivity contribution in [1.29, 1.82) is 0 Å². The lowest BCUT2D eigenvalue weighted by molar-refractivity contribution is 0.569. The van der Waals surface area contributed by atoms with E-state index in [0.29, 0.717) is 22.7 Å². The van der Waals surface area contributed by atoms with Crippen LogP contribution in [-0.2, 0) is 32.5 Å². The molecule has 24 rings (SSSR count). The SMILES string of the molecule is [2H]c1c([2H])c([2H])c2c(c1[2H])c1c([2H])c(C(C)(C)C)c([2H])c([2H])c1n2-c1ccc2c(c1)N(c1c(-c3ccccc3)cc(C(C)(C)C)cc1-c1ccc3c(ccc4ccccc43)c1)c1cc(-c3cc(C(C)(C)C)cc(C(C)(C)C)c3)cc3c1B2c1ccc(-n2c4c([2H])c([2H])c([2H])c([2H])c4c4c([2H])c(C(C)(C)C)c([2H])c([2H])c42)cc1N3c1c(-c2ccc3c(ccc4ccccc43)c2)cc(C(C)(C)C)cc1-c1ccc2c(ccc3ccccc32)c1. The van der Waals surface area contributed by atoms with Crippen LogP contribution in [0.15, 0.2) is 370 Å². The fourth-order valence-corrected chi connectivity index (χ4v) is 21.5. The summed E-state index contributed by atoms with van der Waals surface area (Å²) in [5, 5.41) is 13.2. The third-order valence-corrected chi connectivity index (χ3v) is 29.0.